The van der Waals surface area contributed by atoms with Gasteiger partial charge in [0, 0.05) is 6.54 Å². The standard InChI is InChI=1S/C9H14N6O.2ClH/c1-4(2)3-15-6-5(12-9(15)11)7(16)14-8(10)13-6;;/h4H,3H2,1-2H3,(H2,11,12)(H3,10,13,14,16);2*1H. The summed E-state index contributed by atoms with van der Waals surface area (Å²) in [4.78, 5) is 22.0. The van der Waals surface area contributed by atoms with Gasteiger partial charge in [-0.25, -0.2) is 4.98 Å². The third-order valence-corrected chi connectivity index (χ3v) is 2.20. The number of hydrogen-bond acceptors (Lipinski definition) is 5. The minimum Gasteiger partial charge on any atom is -0.369 e. The number of nitrogens with two attached hydrogens (primary N) is 2. The highest BCUT2D eigenvalue weighted by Gasteiger charge is 2.14. The molecule has 0 spiro atoms. The second-order valence-electron chi connectivity index (χ2n) is 4.10. The van der Waals surface area contributed by atoms with Gasteiger partial charge in [-0.2, -0.15) is 4.98 Å². The van der Waals surface area contributed by atoms with Gasteiger partial charge in [0.2, 0.25) is 11.9 Å². The lowest BCUT2D eigenvalue weighted by molar-refractivity contribution is 0.535. The highest BCUT2D eigenvalue weighted by molar-refractivity contribution is 5.85. The number of anilines is 2. The molecule has 2 heterocycles. The zero-order valence-corrected chi connectivity index (χ0v) is 11.6. The highest BCUT2D eigenvalue weighted by Crippen LogP contribution is 2.14. The minimum absolute atomic E-state index is 0. The Labute approximate surface area is 116 Å². The van der Waals surface area contributed by atoms with Gasteiger partial charge in [-0.05, 0) is 5.92 Å². The van der Waals surface area contributed by atoms with Crippen LogP contribution in [-0.4, -0.2) is 19.5 Å². The van der Waals surface area contributed by atoms with E-state index in [0.717, 1.165) is 0 Å². The summed E-state index contributed by atoms with van der Waals surface area (Å²) in [6.07, 6.45) is 0. The molecule has 0 saturated carbocycles. The normalized spacial score (nSPS) is 10.2. The maximum atomic E-state index is 11.5. The Morgan fingerprint density at radius 3 is 2.44 bits per heavy atom. The number of nitrogens with one attached hydrogen (secondary N) is 1. The molecule has 0 fully saturated rings. The van der Waals surface area contributed by atoms with Gasteiger partial charge in [-0.15, -0.1) is 24.8 Å². The van der Waals surface area contributed by atoms with Crippen LogP contribution in [0.15, 0.2) is 4.79 Å². The van der Waals surface area contributed by atoms with Crippen LogP contribution in [0.2, 0.25) is 0 Å². The lowest BCUT2D eigenvalue weighted by atomic mass is 10.2. The SMILES string of the molecule is CC(C)Cn1c(N)nc2c(=O)[nH]c(N)nc21.Cl.Cl. The summed E-state index contributed by atoms with van der Waals surface area (Å²) in [5.74, 6) is 0.733. The van der Waals surface area contributed by atoms with E-state index in [-0.39, 0.29) is 47.8 Å². The van der Waals surface area contributed by atoms with Crippen LogP contribution in [0.5, 0.6) is 0 Å². The fraction of sp³-hybridized carbons (Fsp3) is 0.444. The van der Waals surface area contributed by atoms with Gasteiger partial charge in [0.25, 0.3) is 5.56 Å². The zero-order valence-electron chi connectivity index (χ0n) is 10.0. The second-order valence-corrected chi connectivity index (χ2v) is 4.10. The number of fused-ring (bicyclic) bond motifs is 1. The van der Waals surface area contributed by atoms with E-state index in [9.17, 15) is 4.79 Å². The predicted octanol–water partition coefficient (Wildman–Crippen LogP) is 0.784. The lowest BCUT2D eigenvalue weighted by Gasteiger charge is -2.08. The fourth-order valence-electron chi connectivity index (χ4n) is 1.59. The van der Waals surface area contributed by atoms with Crippen molar-refractivity contribution < 1.29 is 0 Å². The third kappa shape index (κ3) is 2.85. The van der Waals surface area contributed by atoms with E-state index in [1.807, 2.05) is 13.8 Å². The van der Waals surface area contributed by atoms with E-state index in [1.54, 1.807) is 4.57 Å². The predicted molar refractivity (Wildman–Crippen MR) is 76.3 cm³/mol. The van der Waals surface area contributed by atoms with Crippen LogP contribution in [0.4, 0.5) is 11.9 Å². The largest absolute Gasteiger partial charge is 0.369 e. The molecule has 0 radical (unpaired) electrons. The van der Waals surface area contributed by atoms with Gasteiger partial charge in [0.05, 0.1) is 0 Å². The topological polar surface area (TPSA) is 116 Å². The Balaban J connectivity index is 0.00000144. The van der Waals surface area contributed by atoms with Crippen LogP contribution in [0.25, 0.3) is 11.2 Å². The molecular formula is C9H16Cl2N6O. The van der Waals surface area contributed by atoms with E-state index in [4.69, 9.17) is 11.5 Å². The van der Waals surface area contributed by atoms with Gasteiger partial charge in [0.15, 0.2) is 11.2 Å². The molecule has 0 saturated heterocycles. The van der Waals surface area contributed by atoms with Crippen molar-refractivity contribution in [1.82, 2.24) is 19.5 Å². The Morgan fingerprint density at radius 1 is 1.28 bits per heavy atom. The molecule has 2 rings (SSSR count). The first kappa shape index (κ1) is 16.5. The molecule has 2 aromatic heterocycles. The van der Waals surface area contributed by atoms with Gasteiger partial charge in [-0.3, -0.25) is 14.3 Å². The van der Waals surface area contributed by atoms with Crippen molar-refractivity contribution in [3.8, 4) is 0 Å². The van der Waals surface area contributed by atoms with Crippen molar-refractivity contribution in [3.63, 3.8) is 0 Å². The maximum absolute atomic E-state index is 11.5. The van der Waals surface area contributed by atoms with Crippen LogP contribution in [0.3, 0.4) is 0 Å². The minimum atomic E-state index is -0.364. The average Bonchev–Trinajstić information content (AvgIpc) is 2.45. The van der Waals surface area contributed by atoms with Crippen LogP contribution in [-0.2, 0) is 6.54 Å². The Kier molecular flexibility index (Phi) is 5.44. The molecule has 0 bridgehead atoms. The number of halogens is 2. The Hall–Kier alpha value is -1.47. The fourth-order valence-corrected chi connectivity index (χ4v) is 1.59. The number of rotatable bonds is 2. The van der Waals surface area contributed by atoms with E-state index in [0.29, 0.717) is 18.1 Å². The second kappa shape index (κ2) is 5.92. The average molecular weight is 295 g/mol. The summed E-state index contributed by atoms with van der Waals surface area (Å²) in [6.45, 7) is 4.74. The monoisotopic (exact) mass is 294 g/mol. The van der Waals surface area contributed by atoms with Crippen LogP contribution >= 0.6 is 24.8 Å². The van der Waals surface area contributed by atoms with Gasteiger partial charge >= 0.3 is 0 Å². The van der Waals surface area contributed by atoms with E-state index < -0.39 is 0 Å². The molecule has 0 amide bonds. The first-order valence-corrected chi connectivity index (χ1v) is 5.00. The maximum Gasteiger partial charge on any atom is 0.280 e. The molecule has 102 valence electrons. The zero-order chi connectivity index (χ0) is 11.9. The van der Waals surface area contributed by atoms with Gasteiger partial charge < -0.3 is 11.5 Å². The van der Waals surface area contributed by atoms with Crippen LogP contribution in [0, 0.1) is 5.92 Å². The van der Waals surface area contributed by atoms with E-state index in [1.165, 1.54) is 0 Å². The van der Waals surface area contributed by atoms with Crippen molar-refractivity contribution >= 4 is 47.9 Å². The first-order chi connectivity index (χ1) is 7.49. The molecule has 0 aromatic carbocycles. The number of aromatic nitrogens is 4. The quantitative estimate of drug-likeness (QED) is 0.757. The summed E-state index contributed by atoms with van der Waals surface area (Å²) in [7, 11) is 0. The number of imidazole rings is 1. The molecule has 7 nitrogen and oxygen atoms in total. The molecule has 0 atom stereocenters. The summed E-state index contributed by atoms with van der Waals surface area (Å²) in [5.41, 5.74) is 11.5. The van der Waals surface area contributed by atoms with Crippen molar-refractivity contribution in [2.75, 3.05) is 11.5 Å². The smallest absolute Gasteiger partial charge is 0.280 e. The summed E-state index contributed by atoms with van der Waals surface area (Å²) in [5, 5.41) is 0. The number of aromatic amines is 1. The molecule has 0 aliphatic heterocycles. The van der Waals surface area contributed by atoms with Crippen LogP contribution < -0.4 is 17.0 Å². The van der Waals surface area contributed by atoms with Gasteiger partial charge in [-0.1, -0.05) is 13.8 Å². The molecular weight excluding hydrogens is 279 g/mol. The Bertz CT molecular complexity index is 590. The molecule has 5 N–H and O–H groups in total. The number of hydrogen-bond donors (Lipinski definition) is 3. The molecule has 0 aliphatic rings. The van der Waals surface area contributed by atoms with E-state index in [2.05, 4.69) is 15.0 Å². The molecule has 18 heavy (non-hydrogen) atoms. The van der Waals surface area contributed by atoms with Gasteiger partial charge in [0.1, 0.15) is 0 Å². The van der Waals surface area contributed by atoms with Crippen LogP contribution in [0.1, 0.15) is 13.8 Å². The first-order valence-electron chi connectivity index (χ1n) is 5.00. The molecule has 0 aliphatic carbocycles. The lowest BCUT2D eigenvalue weighted by Crippen LogP contribution is -2.13. The number of nitrogen functional groups attached to an aromatic ring is 2. The molecule has 0 unspecified atom stereocenters. The van der Waals surface area contributed by atoms with Crippen molar-refractivity contribution in [1.29, 1.82) is 0 Å². The third-order valence-electron chi connectivity index (χ3n) is 2.20. The number of nitrogens with zero attached hydrogens (tertiary/aromatic N) is 3. The van der Waals surface area contributed by atoms with Crippen molar-refractivity contribution in [3.05, 3.63) is 10.4 Å². The van der Waals surface area contributed by atoms with Crippen molar-refractivity contribution in [2.24, 2.45) is 5.92 Å². The van der Waals surface area contributed by atoms with Crippen molar-refractivity contribution in [2.45, 2.75) is 20.4 Å². The Morgan fingerprint density at radius 2 is 1.89 bits per heavy atom. The summed E-state index contributed by atoms with van der Waals surface area (Å²) >= 11 is 0. The highest BCUT2D eigenvalue weighted by atomic mass is 35.5. The number of H-pyrrole nitrogens is 1. The molecule has 9 heteroatoms. The van der Waals surface area contributed by atoms with E-state index >= 15 is 0 Å². The summed E-state index contributed by atoms with van der Waals surface area (Å²) < 4.78 is 1.70. The molecule has 2 aromatic rings. The summed E-state index contributed by atoms with van der Waals surface area (Å²) in [6, 6.07) is 0.